The Morgan fingerprint density at radius 2 is 1.59 bits per heavy atom. The van der Waals surface area contributed by atoms with Gasteiger partial charge in [-0.25, -0.2) is 0 Å². The van der Waals surface area contributed by atoms with Gasteiger partial charge < -0.3 is 19.7 Å². The van der Waals surface area contributed by atoms with Crippen molar-refractivity contribution in [2.75, 3.05) is 20.8 Å². The number of fused-ring (bicyclic) bond motifs is 4. The zero-order valence-electron chi connectivity index (χ0n) is 19.0. The number of aliphatic hydroxyl groups is 1. The van der Waals surface area contributed by atoms with Crippen LogP contribution in [0.5, 0.6) is 0 Å². The van der Waals surface area contributed by atoms with E-state index in [2.05, 4.69) is 53.4 Å². The van der Waals surface area contributed by atoms with Gasteiger partial charge in [-0.05, 0) is 47.9 Å². The number of carboxylic acids is 1. The Balaban J connectivity index is 0.000000686. The second kappa shape index (κ2) is 10.4. The second-order valence-electron chi connectivity index (χ2n) is 8.62. The fourth-order valence-electron chi connectivity index (χ4n) is 5.68. The quantitative estimate of drug-likeness (QED) is 0.717. The lowest BCUT2D eigenvalue weighted by Crippen LogP contribution is -2.48. The van der Waals surface area contributed by atoms with E-state index in [0.29, 0.717) is 17.9 Å². The molecule has 2 N–H and O–H groups in total. The number of piperidine rings is 1. The van der Waals surface area contributed by atoms with Crippen LogP contribution in [0, 0.1) is 11.8 Å². The summed E-state index contributed by atoms with van der Waals surface area (Å²) in [6.45, 7) is 4.71. The van der Waals surface area contributed by atoms with Gasteiger partial charge in [0.2, 0.25) is 0 Å². The zero-order valence-corrected chi connectivity index (χ0v) is 19.0. The summed E-state index contributed by atoms with van der Waals surface area (Å²) in [6, 6.07) is 18.2. The predicted molar refractivity (Wildman–Crippen MR) is 124 cm³/mol. The number of aliphatic hydroxyl groups excluding tert-OH is 1. The molecule has 0 radical (unpaired) electrons. The summed E-state index contributed by atoms with van der Waals surface area (Å²) in [4.78, 5) is 22.2. The highest BCUT2D eigenvalue weighted by molar-refractivity contribution is 5.78. The fourth-order valence-corrected chi connectivity index (χ4v) is 5.68. The number of ether oxygens (including phenoxy) is 1. The molecule has 1 saturated carbocycles. The van der Waals surface area contributed by atoms with E-state index in [4.69, 9.17) is 14.6 Å². The lowest BCUT2D eigenvalue weighted by Gasteiger charge is -2.36. The van der Waals surface area contributed by atoms with Crippen LogP contribution in [-0.4, -0.2) is 66.8 Å². The first-order valence-corrected chi connectivity index (χ1v) is 11.0. The standard InChI is InChI=1S/C24H27NO3.CH4O.CH2O/c1-14(24(26)27)23(28-2)22-12-15-11-21(15)25(22)13-20-18-9-5-3-7-16(18)17-8-4-6-10-19(17)20;2*1-2/h3-10,14-15,20-23H,11-13H2,1-2H3,(H,26,27);2H,1H3;1H2/t14?,15?,21?,22-,23?;;/m0../s1. The molecule has 1 saturated heterocycles. The molecular weight excluding hydrogens is 406 g/mol. The first-order valence-electron chi connectivity index (χ1n) is 11.0. The van der Waals surface area contributed by atoms with Gasteiger partial charge in [0, 0.05) is 38.8 Å². The van der Waals surface area contributed by atoms with Crippen LogP contribution in [-0.2, 0) is 14.3 Å². The van der Waals surface area contributed by atoms with Crippen LogP contribution in [0.4, 0.5) is 0 Å². The molecule has 3 aliphatic rings. The van der Waals surface area contributed by atoms with E-state index in [1.54, 1.807) is 14.0 Å². The summed E-state index contributed by atoms with van der Waals surface area (Å²) in [5.74, 6) is -0.232. The van der Waals surface area contributed by atoms with E-state index in [9.17, 15) is 9.90 Å². The molecule has 172 valence electrons. The summed E-state index contributed by atoms with van der Waals surface area (Å²) < 4.78 is 5.74. The third kappa shape index (κ3) is 4.22. The van der Waals surface area contributed by atoms with Crippen molar-refractivity contribution in [3.63, 3.8) is 0 Å². The first-order chi connectivity index (χ1) is 15.6. The van der Waals surface area contributed by atoms with Gasteiger partial charge in [-0.2, -0.15) is 0 Å². The highest BCUT2D eigenvalue weighted by Crippen LogP contribution is 2.52. The number of hydrogen-bond acceptors (Lipinski definition) is 5. The monoisotopic (exact) mass is 439 g/mol. The number of likely N-dealkylation sites (tertiary alicyclic amines) is 1. The van der Waals surface area contributed by atoms with Crippen LogP contribution < -0.4 is 0 Å². The number of aliphatic carboxylic acids is 1. The van der Waals surface area contributed by atoms with Crippen molar-refractivity contribution in [1.82, 2.24) is 4.90 Å². The first kappa shape index (κ1) is 24.1. The Morgan fingerprint density at radius 3 is 2.09 bits per heavy atom. The molecule has 6 nitrogen and oxygen atoms in total. The molecule has 2 fully saturated rings. The van der Waals surface area contributed by atoms with E-state index >= 15 is 0 Å². The lowest BCUT2D eigenvalue weighted by atomic mass is 9.92. The summed E-state index contributed by atoms with van der Waals surface area (Å²) in [5, 5.41) is 16.6. The average molecular weight is 440 g/mol. The third-order valence-corrected chi connectivity index (χ3v) is 7.17. The van der Waals surface area contributed by atoms with Crippen molar-refractivity contribution in [2.24, 2.45) is 11.8 Å². The average Bonchev–Trinajstić information content (AvgIpc) is 3.43. The van der Waals surface area contributed by atoms with Gasteiger partial charge in [0.25, 0.3) is 0 Å². The molecule has 32 heavy (non-hydrogen) atoms. The molecular formula is C26H33NO5. The Labute approximate surface area is 189 Å². The van der Waals surface area contributed by atoms with Crippen LogP contribution in [0.25, 0.3) is 11.1 Å². The van der Waals surface area contributed by atoms with E-state index < -0.39 is 11.9 Å². The van der Waals surface area contributed by atoms with Crippen molar-refractivity contribution < 1.29 is 24.5 Å². The zero-order chi connectivity index (χ0) is 23.4. The van der Waals surface area contributed by atoms with Crippen LogP contribution in [0.3, 0.4) is 0 Å². The summed E-state index contributed by atoms with van der Waals surface area (Å²) >= 11 is 0. The van der Waals surface area contributed by atoms with E-state index in [1.807, 2.05) is 6.79 Å². The van der Waals surface area contributed by atoms with Gasteiger partial charge in [0.1, 0.15) is 6.79 Å². The molecule has 1 heterocycles. The highest BCUT2D eigenvalue weighted by Gasteiger charge is 2.55. The molecule has 0 aromatic heterocycles. The van der Waals surface area contributed by atoms with Crippen molar-refractivity contribution >= 4 is 12.8 Å². The minimum absolute atomic E-state index is 0.180. The van der Waals surface area contributed by atoms with Gasteiger partial charge in [-0.3, -0.25) is 9.69 Å². The predicted octanol–water partition coefficient (Wildman–Crippen LogP) is 3.42. The maximum atomic E-state index is 11.6. The maximum Gasteiger partial charge on any atom is 0.308 e. The molecule has 0 amide bonds. The van der Waals surface area contributed by atoms with Crippen molar-refractivity contribution in [3.05, 3.63) is 59.7 Å². The molecule has 0 spiro atoms. The Kier molecular flexibility index (Phi) is 7.82. The van der Waals surface area contributed by atoms with Gasteiger partial charge in [0.15, 0.2) is 0 Å². The van der Waals surface area contributed by atoms with Gasteiger partial charge in [0.05, 0.1) is 12.0 Å². The third-order valence-electron chi connectivity index (χ3n) is 7.17. The number of hydrogen-bond donors (Lipinski definition) is 2. The highest BCUT2D eigenvalue weighted by atomic mass is 16.5. The number of carbonyl (C=O) groups is 2. The van der Waals surface area contributed by atoms with Crippen LogP contribution in [0.2, 0.25) is 0 Å². The number of carbonyl (C=O) groups excluding carboxylic acids is 1. The minimum Gasteiger partial charge on any atom is -0.481 e. The topological polar surface area (TPSA) is 87.1 Å². The van der Waals surface area contributed by atoms with E-state index in [1.165, 1.54) is 28.7 Å². The SMILES string of the molecule is C=O.CO.COC(C(C)C(=O)O)[C@@H]1CC2CC2N1CC1c2ccccc2-c2ccccc21. The van der Waals surface area contributed by atoms with Crippen molar-refractivity contribution in [2.45, 2.75) is 43.9 Å². The fraction of sp³-hybridized carbons (Fsp3) is 0.462. The van der Waals surface area contributed by atoms with E-state index in [0.717, 1.165) is 20.1 Å². The number of methoxy groups -OCH3 is 1. The summed E-state index contributed by atoms with van der Waals surface area (Å²) in [7, 11) is 2.66. The molecule has 2 aliphatic carbocycles. The Hall–Kier alpha value is -2.54. The molecule has 4 unspecified atom stereocenters. The summed E-state index contributed by atoms with van der Waals surface area (Å²) in [5.41, 5.74) is 5.47. The largest absolute Gasteiger partial charge is 0.481 e. The number of carboxylic acid groups (broad SMARTS) is 1. The maximum absolute atomic E-state index is 11.6. The van der Waals surface area contributed by atoms with Gasteiger partial charge in [-0.15, -0.1) is 0 Å². The molecule has 5 atom stereocenters. The molecule has 2 aromatic carbocycles. The van der Waals surface area contributed by atoms with Crippen LogP contribution in [0.1, 0.15) is 36.8 Å². The lowest BCUT2D eigenvalue weighted by molar-refractivity contribution is -0.148. The Morgan fingerprint density at radius 1 is 1.06 bits per heavy atom. The van der Waals surface area contributed by atoms with Crippen LogP contribution >= 0.6 is 0 Å². The van der Waals surface area contributed by atoms with Crippen LogP contribution in [0.15, 0.2) is 48.5 Å². The Bertz CT molecular complexity index is 886. The normalized spacial score (nSPS) is 24.6. The number of benzene rings is 2. The summed E-state index contributed by atoms with van der Waals surface area (Å²) in [6.07, 6.45) is 2.03. The van der Waals surface area contributed by atoms with Crippen molar-refractivity contribution in [3.8, 4) is 11.1 Å². The van der Waals surface area contributed by atoms with Gasteiger partial charge >= 0.3 is 5.97 Å². The minimum atomic E-state index is -0.774. The smallest absolute Gasteiger partial charge is 0.308 e. The second-order valence-corrected chi connectivity index (χ2v) is 8.62. The number of nitrogens with zero attached hydrogens (tertiary/aromatic N) is 1. The molecule has 5 rings (SSSR count). The van der Waals surface area contributed by atoms with Gasteiger partial charge in [-0.1, -0.05) is 48.5 Å². The van der Waals surface area contributed by atoms with Crippen molar-refractivity contribution in [1.29, 1.82) is 0 Å². The van der Waals surface area contributed by atoms with E-state index in [-0.39, 0.29) is 12.1 Å². The molecule has 6 heteroatoms. The molecule has 0 bridgehead atoms. The molecule has 1 aliphatic heterocycles. The molecule has 2 aromatic rings. The number of rotatable bonds is 6.